The van der Waals surface area contributed by atoms with Gasteiger partial charge in [-0.15, -0.1) is 0 Å². The summed E-state index contributed by atoms with van der Waals surface area (Å²) in [6.07, 6.45) is 0.963. The normalized spacial score (nSPS) is 13.6. The zero-order chi connectivity index (χ0) is 6.69. The lowest BCUT2D eigenvalue weighted by molar-refractivity contribution is 0.174. The summed E-state index contributed by atoms with van der Waals surface area (Å²) in [5, 5.41) is 9.05. The molecular weight excluding hydrogens is 136 g/mol. The average Bonchev–Trinajstić information content (AvgIpc) is 2.37. The highest BCUT2D eigenvalue weighted by atomic mass is 32.1. The fourth-order valence-corrected chi connectivity index (χ4v) is 0.751. The molecule has 1 unspecified atom stereocenters. The first-order valence-corrected chi connectivity index (χ1v) is 3.30. The van der Waals surface area contributed by atoms with Gasteiger partial charge in [0.25, 0.3) is 0 Å². The summed E-state index contributed by atoms with van der Waals surface area (Å²) in [6.45, 7) is 0. The second-order valence-electron chi connectivity index (χ2n) is 1.71. The lowest BCUT2D eigenvalue weighted by Crippen LogP contribution is -1.95. The molecule has 0 aromatic carbocycles. The number of hydrogen-bond donors (Lipinski definition) is 2. The predicted octanol–water partition coefficient (Wildman–Crippen LogP) is 1.24. The first-order valence-electron chi connectivity index (χ1n) is 2.67. The van der Waals surface area contributed by atoms with Crippen molar-refractivity contribution in [2.75, 3.05) is 5.75 Å². The van der Waals surface area contributed by atoms with Crippen LogP contribution in [0.15, 0.2) is 22.8 Å². The summed E-state index contributed by atoms with van der Waals surface area (Å²) < 4.78 is 4.89. The molecule has 3 heteroatoms. The Labute approximate surface area is 58.9 Å². The topological polar surface area (TPSA) is 33.4 Å². The largest absolute Gasteiger partial charge is 0.467 e. The Morgan fingerprint density at radius 2 is 2.56 bits per heavy atom. The molecule has 0 aliphatic rings. The van der Waals surface area contributed by atoms with Gasteiger partial charge in [-0.05, 0) is 12.1 Å². The second kappa shape index (κ2) is 2.94. The van der Waals surface area contributed by atoms with Gasteiger partial charge in [-0.2, -0.15) is 12.6 Å². The summed E-state index contributed by atoms with van der Waals surface area (Å²) >= 11 is 3.89. The van der Waals surface area contributed by atoms with Crippen molar-refractivity contribution < 1.29 is 9.52 Å². The molecule has 1 heterocycles. The molecule has 50 valence electrons. The van der Waals surface area contributed by atoms with Gasteiger partial charge >= 0.3 is 0 Å². The van der Waals surface area contributed by atoms with Gasteiger partial charge in [-0.3, -0.25) is 0 Å². The molecular formula is C6H8O2S. The van der Waals surface area contributed by atoms with Gasteiger partial charge in [0.05, 0.1) is 6.26 Å². The molecule has 9 heavy (non-hydrogen) atoms. The monoisotopic (exact) mass is 144 g/mol. The van der Waals surface area contributed by atoms with Crippen LogP contribution in [0.2, 0.25) is 0 Å². The number of aliphatic hydroxyl groups is 1. The Morgan fingerprint density at radius 1 is 1.78 bits per heavy atom. The van der Waals surface area contributed by atoms with Gasteiger partial charge in [0.15, 0.2) is 0 Å². The predicted molar refractivity (Wildman–Crippen MR) is 37.5 cm³/mol. The molecule has 0 amide bonds. The van der Waals surface area contributed by atoms with Crippen LogP contribution >= 0.6 is 12.6 Å². The van der Waals surface area contributed by atoms with E-state index in [-0.39, 0.29) is 0 Å². The minimum Gasteiger partial charge on any atom is -0.467 e. The van der Waals surface area contributed by atoms with Crippen molar-refractivity contribution in [2.24, 2.45) is 0 Å². The third-order valence-corrected chi connectivity index (χ3v) is 1.39. The van der Waals surface area contributed by atoms with E-state index in [9.17, 15) is 0 Å². The van der Waals surface area contributed by atoms with E-state index >= 15 is 0 Å². The van der Waals surface area contributed by atoms with Gasteiger partial charge in [0, 0.05) is 5.75 Å². The summed E-state index contributed by atoms with van der Waals surface area (Å²) in [6, 6.07) is 3.46. The number of rotatable bonds is 2. The molecule has 0 aliphatic heterocycles. The molecule has 1 rings (SSSR count). The first kappa shape index (κ1) is 6.71. The van der Waals surface area contributed by atoms with Gasteiger partial charge in [0.1, 0.15) is 11.9 Å². The fraction of sp³-hybridized carbons (Fsp3) is 0.333. The summed E-state index contributed by atoms with van der Waals surface area (Å²) in [4.78, 5) is 0. The maximum Gasteiger partial charge on any atom is 0.133 e. The van der Waals surface area contributed by atoms with E-state index in [1.807, 2.05) is 0 Å². The van der Waals surface area contributed by atoms with Crippen molar-refractivity contribution >= 4 is 12.6 Å². The standard InChI is InChI=1S/C6H8O2S/c7-5(4-9)6-2-1-3-8-6/h1-3,5,7,9H,4H2. The summed E-state index contributed by atoms with van der Waals surface area (Å²) in [5.41, 5.74) is 0. The Balaban J connectivity index is 2.65. The van der Waals surface area contributed by atoms with Crippen molar-refractivity contribution in [1.29, 1.82) is 0 Å². The molecule has 0 fully saturated rings. The van der Waals surface area contributed by atoms with Gasteiger partial charge in [0.2, 0.25) is 0 Å². The van der Waals surface area contributed by atoms with E-state index in [2.05, 4.69) is 12.6 Å². The van der Waals surface area contributed by atoms with Crippen LogP contribution in [0.5, 0.6) is 0 Å². The smallest absolute Gasteiger partial charge is 0.133 e. The van der Waals surface area contributed by atoms with Crippen molar-refractivity contribution in [3.63, 3.8) is 0 Å². The van der Waals surface area contributed by atoms with Crippen molar-refractivity contribution in [2.45, 2.75) is 6.10 Å². The summed E-state index contributed by atoms with van der Waals surface area (Å²) in [7, 11) is 0. The first-order chi connectivity index (χ1) is 4.34. The minimum absolute atomic E-state index is 0.396. The SMILES string of the molecule is OC(CS)c1ccco1. The van der Waals surface area contributed by atoms with Crippen LogP contribution in [0, 0.1) is 0 Å². The van der Waals surface area contributed by atoms with E-state index in [4.69, 9.17) is 9.52 Å². The van der Waals surface area contributed by atoms with E-state index < -0.39 is 6.10 Å². The highest BCUT2D eigenvalue weighted by Gasteiger charge is 2.05. The van der Waals surface area contributed by atoms with Crippen LogP contribution in [-0.4, -0.2) is 10.9 Å². The Kier molecular flexibility index (Phi) is 2.19. The lowest BCUT2D eigenvalue weighted by atomic mass is 10.3. The van der Waals surface area contributed by atoms with E-state index in [1.54, 1.807) is 12.1 Å². The zero-order valence-electron chi connectivity index (χ0n) is 4.82. The maximum atomic E-state index is 9.05. The third-order valence-electron chi connectivity index (χ3n) is 1.04. The number of aliphatic hydroxyl groups excluding tert-OH is 1. The van der Waals surface area contributed by atoms with Crippen LogP contribution in [0.1, 0.15) is 11.9 Å². The number of thiol groups is 1. The third kappa shape index (κ3) is 1.50. The van der Waals surface area contributed by atoms with Crippen molar-refractivity contribution in [1.82, 2.24) is 0 Å². The van der Waals surface area contributed by atoms with Crippen LogP contribution < -0.4 is 0 Å². The minimum atomic E-state index is -0.566. The Morgan fingerprint density at radius 3 is 3.00 bits per heavy atom. The van der Waals surface area contributed by atoms with Crippen molar-refractivity contribution in [3.05, 3.63) is 24.2 Å². The lowest BCUT2D eigenvalue weighted by Gasteiger charge is -1.99. The molecule has 2 nitrogen and oxygen atoms in total. The van der Waals surface area contributed by atoms with Crippen LogP contribution in [0.4, 0.5) is 0 Å². The quantitative estimate of drug-likeness (QED) is 0.612. The highest BCUT2D eigenvalue weighted by molar-refractivity contribution is 7.80. The maximum absolute atomic E-state index is 9.05. The van der Waals surface area contributed by atoms with E-state index in [1.165, 1.54) is 6.26 Å². The van der Waals surface area contributed by atoms with Gasteiger partial charge in [-0.25, -0.2) is 0 Å². The van der Waals surface area contributed by atoms with Crippen LogP contribution in [-0.2, 0) is 0 Å². The molecule has 0 spiro atoms. The zero-order valence-corrected chi connectivity index (χ0v) is 5.71. The van der Waals surface area contributed by atoms with Gasteiger partial charge in [-0.1, -0.05) is 0 Å². The molecule has 0 saturated carbocycles. The Hall–Kier alpha value is -0.410. The van der Waals surface area contributed by atoms with E-state index in [0.29, 0.717) is 11.5 Å². The molecule has 1 N–H and O–H groups in total. The van der Waals surface area contributed by atoms with Gasteiger partial charge < -0.3 is 9.52 Å². The van der Waals surface area contributed by atoms with Crippen LogP contribution in [0.25, 0.3) is 0 Å². The molecule has 0 bridgehead atoms. The highest BCUT2D eigenvalue weighted by Crippen LogP contribution is 2.13. The van der Waals surface area contributed by atoms with E-state index in [0.717, 1.165) is 0 Å². The fourth-order valence-electron chi connectivity index (χ4n) is 0.571. The number of furan rings is 1. The summed E-state index contributed by atoms with van der Waals surface area (Å²) in [5.74, 6) is 0.970. The molecule has 1 aromatic heterocycles. The molecule has 0 radical (unpaired) electrons. The molecule has 0 aliphatic carbocycles. The van der Waals surface area contributed by atoms with Crippen LogP contribution in [0.3, 0.4) is 0 Å². The Bertz CT molecular complexity index is 160. The average molecular weight is 144 g/mol. The van der Waals surface area contributed by atoms with Crippen molar-refractivity contribution in [3.8, 4) is 0 Å². The second-order valence-corrected chi connectivity index (χ2v) is 2.08. The molecule has 1 aromatic rings. The number of hydrogen-bond acceptors (Lipinski definition) is 3. The molecule has 1 atom stereocenters. The molecule has 0 saturated heterocycles.